The monoisotopic (exact) mass is 421 g/mol. The highest BCUT2D eigenvalue weighted by Crippen LogP contribution is 2.27. The maximum atomic E-state index is 12.6. The van der Waals surface area contributed by atoms with Crippen molar-refractivity contribution in [3.8, 4) is 0 Å². The van der Waals surface area contributed by atoms with E-state index in [2.05, 4.69) is 27.9 Å². The predicted octanol–water partition coefficient (Wildman–Crippen LogP) is 5.66. The molecule has 0 aliphatic heterocycles. The number of carbonyl (C=O) groups excluding carboxylic acids is 1. The van der Waals surface area contributed by atoms with Crippen LogP contribution in [0.15, 0.2) is 54.6 Å². The molecule has 110 valence electrons. The van der Waals surface area contributed by atoms with Crippen LogP contribution in [-0.2, 0) is 0 Å². The molecule has 0 saturated carbocycles. The molecule has 0 saturated heterocycles. The first-order valence-corrected chi connectivity index (χ1v) is 8.26. The lowest BCUT2D eigenvalue weighted by Gasteiger charge is -2.11. The van der Waals surface area contributed by atoms with Gasteiger partial charge in [-0.05, 0) is 70.8 Å². The number of aryl methyl sites for hydroxylation is 1. The average Bonchev–Trinajstić information content (AvgIpc) is 2.50. The summed E-state index contributed by atoms with van der Waals surface area (Å²) in [5.74, 6) is -0.128. The van der Waals surface area contributed by atoms with Crippen molar-refractivity contribution in [1.82, 2.24) is 0 Å². The van der Waals surface area contributed by atoms with Crippen molar-refractivity contribution in [2.75, 3.05) is 5.32 Å². The molecule has 0 fully saturated rings. The largest absolute Gasteiger partial charge is 0.322 e. The summed E-state index contributed by atoms with van der Waals surface area (Å²) in [5, 5.41) is 5.37. The molecule has 1 N–H and O–H groups in total. The van der Waals surface area contributed by atoms with Crippen LogP contribution in [0.2, 0.25) is 5.02 Å². The van der Waals surface area contributed by atoms with Gasteiger partial charge in [-0.3, -0.25) is 4.79 Å². The van der Waals surface area contributed by atoms with Gasteiger partial charge in [0, 0.05) is 25.2 Å². The quantitative estimate of drug-likeness (QED) is 0.532. The van der Waals surface area contributed by atoms with Crippen molar-refractivity contribution < 1.29 is 4.79 Å². The molecule has 0 spiro atoms. The number of amides is 1. The fraction of sp³-hybridized carbons (Fsp3) is 0.0556. The minimum absolute atomic E-state index is 0.128. The molecule has 22 heavy (non-hydrogen) atoms. The van der Waals surface area contributed by atoms with Gasteiger partial charge in [0.1, 0.15) is 0 Å². The Morgan fingerprint density at radius 2 is 1.77 bits per heavy atom. The molecule has 0 aromatic heterocycles. The van der Waals surface area contributed by atoms with Crippen molar-refractivity contribution in [1.29, 1.82) is 0 Å². The van der Waals surface area contributed by atoms with E-state index in [1.807, 2.05) is 61.5 Å². The van der Waals surface area contributed by atoms with Crippen LogP contribution in [0.25, 0.3) is 10.8 Å². The van der Waals surface area contributed by atoms with E-state index in [1.165, 1.54) is 0 Å². The summed E-state index contributed by atoms with van der Waals surface area (Å²) in [7, 11) is 0. The number of fused-ring (bicyclic) bond motifs is 1. The van der Waals surface area contributed by atoms with Gasteiger partial charge >= 0.3 is 0 Å². The van der Waals surface area contributed by atoms with Gasteiger partial charge in [-0.15, -0.1) is 0 Å². The second-order valence-electron chi connectivity index (χ2n) is 5.05. The number of anilines is 1. The van der Waals surface area contributed by atoms with E-state index < -0.39 is 0 Å². The maximum absolute atomic E-state index is 12.6. The van der Waals surface area contributed by atoms with Crippen LogP contribution in [0.5, 0.6) is 0 Å². The highest BCUT2D eigenvalue weighted by molar-refractivity contribution is 14.1. The number of carbonyl (C=O) groups is 1. The van der Waals surface area contributed by atoms with Crippen LogP contribution >= 0.6 is 34.2 Å². The zero-order valence-electron chi connectivity index (χ0n) is 11.9. The van der Waals surface area contributed by atoms with E-state index in [4.69, 9.17) is 11.6 Å². The van der Waals surface area contributed by atoms with Crippen LogP contribution < -0.4 is 5.32 Å². The van der Waals surface area contributed by atoms with E-state index in [0.717, 1.165) is 25.6 Å². The number of hydrogen-bond donors (Lipinski definition) is 1. The van der Waals surface area contributed by atoms with Gasteiger partial charge in [-0.2, -0.15) is 0 Å². The summed E-state index contributed by atoms with van der Waals surface area (Å²) >= 11 is 8.46. The summed E-state index contributed by atoms with van der Waals surface area (Å²) in [4.78, 5) is 12.6. The summed E-state index contributed by atoms with van der Waals surface area (Å²) in [6, 6.07) is 17.1. The molecular formula is C18H13ClINO. The van der Waals surface area contributed by atoms with E-state index >= 15 is 0 Å². The minimum atomic E-state index is -0.128. The topological polar surface area (TPSA) is 29.1 Å². The Balaban J connectivity index is 2.01. The van der Waals surface area contributed by atoms with Crippen molar-refractivity contribution in [2.45, 2.75) is 6.92 Å². The molecule has 0 aliphatic rings. The molecule has 0 heterocycles. The Bertz CT molecular complexity index is 876. The third-order valence-corrected chi connectivity index (χ3v) is 4.55. The average molecular weight is 422 g/mol. The van der Waals surface area contributed by atoms with Gasteiger partial charge in [0.2, 0.25) is 0 Å². The summed E-state index contributed by atoms with van der Waals surface area (Å²) < 4.78 is 1.14. The normalized spacial score (nSPS) is 10.7. The molecule has 0 radical (unpaired) electrons. The van der Waals surface area contributed by atoms with E-state index in [0.29, 0.717) is 10.6 Å². The lowest BCUT2D eigenvalue weighted by atomic mass is 10.0. The molecule has 0 bridgehead atoms. The number of nitrogens with one attached hydrogen (secondary N) is 1. The zero-order chi connectivity index (χ0) is 15.7. The predicted molar refractivity (Wildman–Crippen MR) is 101 cm³/mol. The number of rotatable bonds is 2. The smallest absolute Gasteiger partial charge is 0.256 e. The molecular weight excluding hydrogens is 409 g/mol. The standard InChI is InChI=1S/C18H13ClINO/c1-11-10-12(20)8-9-17(11)21-18(22)15-6-2-5-14-13(15)4-3-7-16(14)19/h2-10H,1H3,(H,21,22). The highest BCUT2D eigenvalue weighted by atomic mass is 127. The number of hydrogen-bond acceptors (Lipinski definition) is 1. The van der Waals surface area contributed by atoms with Crippen LogP contribution in [0.3, 0.4) is 0 Å². The third kappa shape index (κ3) is 2.96. The van der Waals surface area contributed by atoms with E-state index in [-0.39, 0.29) is 5.91 Å². The molecule has 3 rings (SSSR count). The molecule has 2 nitrogen and oxygen atoms in total. The fourth-order valence-electron chi connectivity index (χ4n) is 2.43. The second kappa shape index (κ2) is 6.26. The van der Waals surface area contributed by atoms with Crippen LogP contribution in [0.4, 0.5) is 5.69 Å². The molecule has 0 aliphatic carbocycles. The molecule has 1 amide bonds. The van der Waals surface area contributed by atoms with Gasteiger partial charge in [-0.1, -0.05) is 35.9 Å². The Morgan fingerprint density at radius 1 is 1.05 bits per heavy atom. The summed E-state index contributed by atoms with van der Waals surface area (Å²) in [6.07, 6.45) is 0. The second-order valence-corrected chi connectivity index (χ2v) is 6.71. The summed E-state index contributed by atoms with van der Waals surface area (Å²) in [5.41, 5.74) is 2.49. The first kappa shape index (κ1) is 15.3. The Hall–Kier alpha value is -1.59. The van der Waals surface area contributed by atoms with Crippen molar-refractivity contribution in [3.05, 3.63) is 74.3 Å². The van der Waals surface area contributed by atoms with Crippen molar-refractivity contribution >= 4 is 56.6 Å². The lowest BCUT2D eigenvalue weighted by Crippen LogP contribution is -2.13. The third-order valence-electron chi connectivity index (χ3n) is 3.55. The SMILES string of the molecule is Cc1cc(I)ccc1NC(=O)c1cccc2c(Cl)cccc12. The Kier molecular flexibility index (Phi) is 4.36. The molecule has 0 atom stereocenters. The van der Waals surface area contributed by atoms with Gasteiger partial charge in [0.05, 0.1) is 0 Å². The van der Waals surface area contributed by atoms with Crippen LogP contribution in [0.1, 0.15) is 15.9 Å². The van der Waals surface area contributed by atoms with Crippen LogP contribution in [0, 0.1) is 10.5 Å². The number of halogens is 2. The summed E-state index contributed by atoms with van der Waals surface area (Å²) in [6.45, 7) is 1.98. The molecule has 4 heteroatoms. The molecule has 3 aromatic rings. The van der Waals surface area contributed by atoms with Crippen molar-refractivity contribution in [3.63, 3.8) is 0 Å². The van der Waals surface area contributed by atoms with Gasteiger partial charge < -0.3 is 5.32 Å². The van der Waals surface area contributed by atoms with Crippen LogP contribution in [-0.4, -0.2) is 5.91 Å². The lowest BCUT2D eigenvalue weighted by molar-refractivity contribution is 0.102. The zero-order valence-corrected chi connectivity index (χ0v) is 14.8. The highest BCUT2D eigenvalue weighted by Gasteiger charge is 2.12. The number of benzene rings is 3. The molecule has 3 aromatic carbocycles. The van der Waals surface area contributed by atoms with Gasteiger partial charge in [-0.25, -0.2) is 0 Å². The van der Waals surface area contributed by atoms with Crippen molar-refractivity contribution in [2.24, 2.45) is 0 Å². The Labute approximate surface area is 147 Å². The maximum Gasteiger partial charge on any atom is 0.256 e. The minimum Gasteiger partial charge on any atom is -0.322 e. The fourth-order valence-corrected chi connectivity index (χ4v) is 3.31. The molecule has 0 unspecified atom stereocenters. The van der Waals surface area contributed by atoms with E-state index in [9.17, 15) is 4.79 Å². The van der Waals surface area contributed by atoms with Gasteiger partial charge in [0.15, 0.2) is 0 Å². The first-order valence-electron chi connectivity index (χ1n) is 6.81. The Morgan fingerprint density at radius 3 is 2.55 bits per heavy atom. The first-order chi connectivity index (χ1) is 10.6. The van der Waals surface area contributed by atoms with Gasteiger partial charge in [0.25, 0.3) is 5.91 Å². The van der Waals surface area contributed by atoms with E-state index in [1.54, 1.807) is 0 Å².